The first-order chi connectivity index (χ1) is 8.54. The van der Waals surface area contributed by atoms with Gasteiger partial charge in [-0.1, -0.05) is 0 Å². The molecule has 0 aliphatic rings. The van der Waals surface area contributed by atoms with Crippen LogP contribution in [-0.4, -0.2) is 31.8 Å². The molecular formula is C12H18N4O2. The third kappa shape index (κ3) is 2.11. The van der Waals surface area contributed by atoms with Crippen molar-refractivity contribution in [3.05, 3.63) is 29.8 Å². The predicted octanol–water partition coefficient (Wildman–Crippen LogP) is 1.29. The second-order valence-electron chi connectivity index (χ2n) is 4.47. The Morgan fingerprint density at radius 3 is 2.56 bits per heavy atom. The largest absolute Gasteiger partial charge is 0.493 e. The number of aliphatic hydroxyl groups is 1. The maximum absolute atomic E-state index is 10.4. The van der Waals surface area contributed by atoms with Gasteiger partial charge in [-0.2, -0.15) is 10.2 Å². The summed E-state index contributed by atoms with van der Waals surface area (Å²) in [4.78, 5) is 0. The summed E-state index contributed by atoms with van der Waals surface area (Å²) in [5, 5.41) is 18.7. The lowest BCUT2D eigenvalue weighted by Gasteiger charge is -2.11. The molecule has 2 rings (SSSR count). The van der Waals surface area contributed by atoms with Gasteiger partial charge < -0.3 is 9.84 Å². The summed E-state index contributed by atoms with van der Waals surface area (Å²) in [5.74, 6) is 0.572. The van der Waals surface area contributed by atoms with Crippen LogP contribution >= 0.6 is 0 Å². The van der Waals surface area contributed by atoms with Crippen molar-refractivity contribution in [2.75, 3.05) is 7.11 Å². The standard InChI is InChI=1S/C12H18N4O2/c1-8(2)16-7-9(5-14-16)12(17)11-10(18-4)6-13-15(11)3/h5-8,12,17H,1-4H3. The van der Waals surface area contributed by atoms with Crippen molar-refractivity contribution in [1.82, 2.24) is 19.6 Å². The molecule has 2 aromatic heterocycles. The van der Waals surface area contributed by atoms with Gasteiger partial charge in [-0.15, -0.1) is 0 Å². The van der Waals surface area contributed by atoms with E-state index in [0.29, 0.717) is 11.4 Å². The second-order valence-corrected chi connectivity index (χ2v) is 4.47. The van der Waals surface area contributed by atoms with Gasteiger partial charge in [0.05, 0.1) is 19.5 Å². The molecule has 6 nitrogen and oxygen atoms in total. The van der Waals surface area contributed by atoms with E-state index in [1.807, 2.05) is 20.0 Å². The number of ether oxygens (including phenoxy) is 1. The number of aliphatic hydroxyl groups excluding tert-OH is 1. The Morgan fingerprint density at radius 1 is 1.28 bits per heavy atom. The van der Waals surface area contributed by atoms with Crippen LogP contribution in [0, 0.1) is 0 Å². The Kier molecular flexibility index (Phi) is 3.38. The Labute approximate surface area is 106 Å². The van der Waals surface area contributed by atoms with E-state index in [4.69, 9.17) is 4.74 Å². The first-order valence-corrected chi connectivity index (χ1v) is 5.82. The van der Waals surface area contributed by atoms with E-state index in [-0.39, 0.29) is 6.04 Å². The summed E-state index contributed by atoms with van der Waals surface area (Å²) in [6.45, 7) is 4.07. The number of methoxy groups -OCH3 is 1. The Morgan fingerprint density at radius 2 is 2.00 bits per heavy atom. The average Bonchev–Trinajstić information content (AvgIpc) is 2.94. The van der Waals surface area contributed by atoms with Gasteiger partial charge in [-0.25, -0.2) is 0 Å². The molecule has 1 unspecified atom stereocenters. The lowest BCUT2D eigenvalue weighted by molar-refractivity contribution is 0.204. The third-order valence-corrected chi connectivity index (χ3v) is 2.89. The maximum Gasteiger partial charge on any atom is 0.162 e. The molecule has 1 N–H and O–H groups in total. The van der Waals surface area contributed by atoms with Gasteiger partial charge in [-0.3, -0.25) is 9.36 Å². The number of rotatable bonds is 4. The van der Waals surface area contributed by atoms with Crippen LogP contribution in [0.5, 0.6) is 5.75 Å². The Bertz CT molecular complexity index is 530. The molecule has 0 fully saturated rings. The van der Waals surface area contributed by atoms with Crippen molar-refractivity contribution >= 4 is 0 Å². The van der Waals surface area contributed by atoms with Gasteiger partial charge in [0.1, 0.15) is 11.8 Å². The minimum atomic E-state index is -0.792. The highest BCUT2D eigenvalue weighted by Crippen LogP contribution is 2.29. The zero-order valence-electron chi connectivity index (χ0n) is 11.0. The van der Waals surface area contributed by atoms with Gasteiger partial charge in [0.25, 0.3) is 0 Å². The van der Waals surface area contributed by atoms with Crippen LogP contribution in [0.1, 0.15) is 37.3 Å². The molecule has 2 heterocycles. The fourth-order valence-electron chi connectivity index (χ4n) is 1.83. The van der Waals surface area contributed by atoms with Gasteiger partial charge in [0.2, 0.25) is 0 Å². The van der Waals surface area contributed by atoms with Crippen LogP contribution in [0.15, 0.2) is 18.6 Å². The average molecular weight is 250 g/mol. The van der Waals surface area contributed by atoms with Crippen LogP contribution in [-0.2, 0) is 7.05 Å². The van der Waals surface area contributed by atoms with Crippen LogP contribution in [0.4, 0.5) is 0 Å². The maximum atomic E-state index is 10.4. The molecule has 0 radical (unpaired) electrons. The summed E-state index contributed by atoms with van der Waals surface area (Å²) < 4.78 is 8.61. The smallest absolute Gasteiger partial charge is 0.162 e. The topological polar surface area (TPSA) is 65.1 Å². The lowest BCUT2D eigenvalue weighted by Crippen LogP contribution is -2.07. The minimum absolute atomic E-state index is 0.263. The van der Waals surface area contributed by atoms with E-state index >= 15 is 0 Å². The first-order valence-electron chi connectivity index (χ1n) is 5.82. The number of aromatic nitrogens is 4. The fourth-order valence-corrected chi connectivity index (χ4v) is 1.83. The molecule has 0 aromatic carbocycles. The summed E-state index contributed by atoms with van der Waals surface area (Å²) in [6.07, 6.45) is 4.30. The van der Waals surface area contributed by atoms with Crippen LogP contribution < -0.4 is 4.74 Å². The summed E-state index contributed by atoms with van der Waals surface area (Å²) in [7, 11) is 3.33. The molecule has 6 heteroatoms. The molecule has 0 aliphatic carbocycles. The highest BCUT2D eigenvalue weighted by Gasteiger charge is 2.21. The van der Waals surface area contributed by atoms with E-state index in [2.05, 4.69) is 10.2 Å². The molecule has 98 valence electrons. The van der Waals surface area contributed by atoms with E-state index in [9.17, 15) is 5.11 Å². The van der Waals surface area contributed by atoms with Crippen LogP contribution in [0.3, 0.4) is 0 Å². The Hall–Kier alpha value is -1.82. The summed E-state index contributed by atoms with van der Waals surface area (Å²) >= 11 is 0. The zero-order chi connectivity index (χ0) is 13.3. The summed E-state index contributed by atoms with van der Waals surface area (Å²) in [6, 6.07) is 0.263. The molecule has 1 atom stereocenters. The Balaban J connectivity index is 2.34. The molecule has 0 amide bonds. The van der Waals surface area contributed by atoms with Crippen molar-refractivity contribution in [3.8, 4) is 5.75 Å². The molecule has 0 aliphatic heterocycles. The number of hydrogen-bond acceptors (Lipinski definition) is 4. The minimum Gasteiger partial charge on any atom is -0.493 e. The van der Waals surface area contributed by atoms with Crippen LogP contribution in [0.2, 0.25) is 0 Å². The fraction of sp³-hybridized carbons (Fsp3) is 0.500. The monoisotopic (exact) mass is 250 g/mol. The molecule has 18 heavy (non-hydrogen) atoms. The van der Waals surface area contributed by atoms with E-state index in [0.717, 1.165) is 5.56 Å². The molecule has 0 saturated heterocycles. The predicted molar refractivity (Wildman–Crippen MR) is 66.4 cm³/mol. The van der Waals surface area contributed by atoms with Crippen LogP contribution in [0.25, 0.3) is 0 Å². The molecule has 0 spiro atoms. The van der Waals surface area contributed by atoms with Crippen molar-refractivity contribution in [3.63, 3.8) is 0 Å². The third-order valence-electron chi connectivity index (χ3n) is 2.89. The van der Waals surface area contributed by atoms with E-state index < -0.39 is 6.10 Å². The van der Waals surface area contributed by atoms with Crippen molar-refractivity contribution < 1.29 is 9.84 Å². The highest BCUT2D eigenvalue weighted by molar-refractivity contribution is 5.33. The van der Waals surface area contributed by atoms with Gasteiger partial charge >= 0.3 is 0 Å². The number of aryl methyl sites for hydroxylation is 1. The molecular weight excluding hydrogens is 232 g/mol. The van der Waals surface area contributed by atoms with Crippen molar-refractivity contribution in [1.29, 1.82) is 0 Å². The van der Waals surface area contributed by atoms with E-state index in [1.165, 1.54) is 0 Å². The highest BCUT2D eigenvalue weighted by atomic mass is 16.5. The second kappa shape index (κ2) is 4.81. The molecule has 0 bridgehead atoms. The number of hydrogen-bond donors (Lipinski definition) is 1. The van der Waals surface area contributed by atoms with Crippen molar-refractivity contribution in [2.45, 2.75) is 26.0 Å². The van der Waals surface area contributed by atoms with E-state index in [1.54, 1.807) is 35.9 Å². The van der Waals surface area contributed by atoms with Gasteiger partial charge in [0, 0.05) is 24.8 Å². The molecule has 2 aromatic rings. The number of nitrogens with zero attached hydrogens (tertiary/aromatic N) is 4. The van der Waals surface area contributed by atoms with Crippen molar-refractivity contribution in [2.24, 2.45) is 7.05 Å². The summed E-state index contributed by atoms with van der Waals surface area (Å²) in [5.41, 5.74) is 1.35. The zero-order valence-corrected chi connectivity index (χ0v) is 11.0. The normalized spacial score (nSPS) is 13.0. The molecule has 0 saturated carbocycles. The van der Waals surface area contributed by atoms with Gasteiger partial charge in [0.15, 0.2) is 5.75 Å². The SMILES string of the molecule is COc1cnn(C)c1C(O)c1cnn(C(C)C)c1. The first kappa shape index (κ1) is 12.6. The lowest BCUT2D eigenvalue weighted by atomic mass is 10.1. The quantitative estimate of drug-likeness (QED) is 0.888. The van der Waals surface area contributed by atoms with Gasteiger partial charge in [-0.05, 0) is 13.8 Å².